The van der Waals surface area contributed by atoms with Gasteiger partial charge in [-0.05, 0) is 50.3 Å². The number of aromatic nitrogens is 2. The summed E-state index contributed by atoms with van der Waals surface area (Å²) in [5.74, 6) is 1.25. The molecule has 0 radical (unpaired) electrons. The van der Waals surface area contributed by atoms with Crippen molar-refractivity contribution >= 4 is 17.7 Å². The van der Waals surface area contributed by atoms with Crippen LogP contribution in [0.4, 0.5) is 24.9 Å². The molecule has 0 bridgehead atoms. The highest BCUT2D eigenvalue weighted by molar-refractivity contribution is 5.94. The summed E-state index contributed by atoms with van der Waals surface area (Å²) in [4.78, 5) is 29.4. The van der Waals surface area contributed by atoms with E-state index in [0.717, 1.165) is 73.9 Å². The quantitative estimate of drug-likeness (QED) is 0.558. The normalized spacial score (nSPS) is 19.2. The summed E-state index contributed by atoms with van der Waals surface area (Å²) >= 11 is 0. The van der Waals surface area contributed by atoms with Crippen molar-refractivity contribution in [3.05, 3.63) is 46.6 Å². The van der Waals surface area contributed by atoms with Crippen LogP contribution in [-0.2, 0) is 19.1 Å². The summed E-state index contributed by atoms with van der Waals surface area (Å²) in [5.41, 5.74) is 1.14. The number of carbonyl (C=O) groups excluding carboxylic acids is 1. The lowest BCUT2D eigenvalue weighted by atomic mass is 9.95. The number of hydrogen-bond donors (Lipinski definition) is 0. The number of alkyl halides is 3. The second-order valence-electron chi connectivity index (χ2n) is 10.3. The molecule has 0 N–H and O–H groups in total. The van der Waals surface area contributed by atoms with E-state index in [4.69, 9.17) is 9.97 Å². The van der Waals surface area contributed by atoms with Crippen LogP contribution in [0.5, 0.6) is 0 Å². The Kier molecular flexibility index (Phi) is 7.08. The fourth-order valence-electron chi connectivity index (χ4n) is 5.73. The zero-order chi connectivity index (χ0) is 25.3. The van der Waals surface area contributed by atoms with Crippen molar-refractivity contribution in [1.82, 2.24) is 14.9 Å². The zero-order valence-corrected chi connectivity index (χ0v) is 20.9. The molecule has 2 fully saturated rings. The Bertz CT molecular complexity index is 1090. The van der Waals surface area contributed by atoms with Gasteiger partial charge in [-0.3, -0.25) is 4.79 Å². The first-order chi connectivity index (χ1) is 17.3. The summed E-state index contributed by atoms with van der Waals surface area (Å²) in [7, 11) is 2.09. The van der Waals surface area contributed by atoms with E-state index in [1.807, 2.05) is 0 Å². The smallest absolute Gasteiger partial charge is 0.356 e. The van der Waals surface area contributed by atoms with E-state index in [1.54, 1.807) is 4.90 Å². The van der Waals surface area contributed by atoms with Crippen LogP contribution < -0.4 is 9.80 Å². The highest BCUT2D eigenvalue weighted by Crippen LogP contribution is 2.34. The van der Waals surface area contributed by atoms with Crippen LogP contribution in [-0.4, -0.2) is 53.5 Å². The van der Waals surface area contributed by atoms with Crippen molar-refractivity contribution < 1.29 is 18.0 Å². The van der Waals surface area contributed by atoms with Crippen LogP contribution in [0, 0.1) is 0 Å². The van der Waals surface area contributed by atoms with Gasteiger partial charge in [0.2, 0.25) is 5.95 Å². The summed E-state index contributed by atoms with van der Waals surface area (Å²) in [6.07, 6.45) is 5.50. The van der Waals surface area contributed by atoms with Crippen LogP contribution in [0.25, 0.3) is 0 Å². The van der Waals surface area contributed by atoms with Gasteiger partial charge in [-0.25, -0.2) is 4.98 Å². The van der Waals surface area contributed by atoms with E-state index in [9.17, 15) is 18.0 Å². The van der Waals surface area contributed by atoms with Gasteiger partial charge >= 0.3 is 6.18 Å². The molecule has 3 heterocycles. The van der Waals surface area contributed by atoms with E-state index in [0.29, 0.717) is 25.6 Å². The molecule has 1 aromatic heterocycles. The molecule has 1 amide bonds. The SMILES string of the molecule is CN(c1nc2c(c(N3CCCCC3)n1)CN(C(=O)c1cccc(C(F)(F)F)c1)CC2)C1CCCCC1. The number of halogens is 3. The molecule has 0 atom stereocenters. The fraction of sp³-hybridized carbons (Fsp3) is 0.593. The lowest BCUT2D eigenvalue weighted by Crippen LogP contribution is -2.40. The molecular weight excluding hydrogens is 467 g/mol. The predicted octanol–water partition coefficient (Wildman–Crippen LogP) is 5.45. The van der Waals surface area contributed by atoms with Gasteiger partial charge in [0, 0.05) is 50.3 Å². The Hall–Kier alpha value is -2.84. The van der Waals surface area contributed by atoms with Gasteiger partial charge in [0.1, 0.15) is 5.82 Å². The van der Waals surface area contributed by atoms with Gasteiger partial charge in [-0.2, -0.15) is 18.2 Å². The molecule has 1 aliphatic carbocycles. The Morgan fingerprint density at radius 1 is 1.00 bits per heavy atom. The van der Waals surface area contributed by atoms with Crippen LogP contribution in [0.15, 0.2) is 24.3 Å². The first-order valence-electron chi connectivity index (χ1n) is 13.2. The van der Waals surface area contributed by atoms with Gasteiger partial charge in [-0.1, -0.05) is 25.3 Å². The molecule has 1 saturated carbocycles. The minimum Gasteiger partial charge on any atom is -0.356 e. The van der Waals surface area contributed by atoms with Gasteiger partial charge in [0.05, 0.1) is 17.8 Å². The van der Waals surface area contributed by atoms with Crippen LogP contribution in [0.1, 0.15) is 78.5 Å². The molecule has 5 rings (SSSR count). The first kappa shape index (κ1) is 24.8. The summed E-state index contributed by atoms with van der Waals surface area (Å²) in [6.45, 7) is 2.56. The van der Waals surface area contributed by atoms with Crippen LogP contribution in [0.3, 0.4) is 0 Å². The number of fused-ring (bicyclic) bond motifs is 1. The minimum absolute atomic E-state index is 0.0577. The molecule has 2 aliphatic heterocycles. The number of nitrogens with zero attached hydrogens (tertiary/aromatic N) is 5. The molecule has 0 unspecified atom stereocenters. The van der Waals surface area contributed by atoms with Gasteiger partial charge in [-0.15, -0.1) is 0 Å². The monoisotopic (exact) mass is 501 g/mol. The molecule has 3 aliphatic rings. The Morgan fingerprint density at radius 2 is 1.72 bits per heavy atom. The number of amides is 1. The predicted molar refractivity (Wildman–Crippen MR) is 133 cm³/mol. The summed E-state index contributed by atoms with van der Waals surface area (Å²) < 4.78 is 39.6. The molecule has 1 aromatic carbocycles. The highest BCUT2D eigenvalue weighted by atomic mass is 19.4. The third-order valence-electron chi connectivity index (χ3n) is 7.84. The fourth-order valence-corrected chi connectivity index (χ4v) is 5.73. The maximum Gasteiger partial charge on any atom is 0.416 e. The Morgan fingerprint density at radius 3 is 2.44 bits per heavy atom. The van der Waals surface area contributed by atoms with Crippen molar-refractivity contribution in [2.45, 2.75) is 76.6 Å². The van der Waals surface area contributed by atoms with Crippen LogP contribution in [0.2, 0.25) is 0 Å². The number of rotatable bonds is 4. The molecule has 0 spiro atoms. The molecule has 9 heteroatoms. The van der Waals surface area contributed by atoms with E-state index in [-0.39, 0.29) is 11.5 Å². The van der Waals surface area contributed by atoms with Crippen LogP contribution >= 0.6 is 0 Å². The topological polar surface area (TPSA) is 52.6 Å². The van der Waals surface area contributed by atoms with Crippen molar-refractivity contribution in [3.8, 4) is 0 Å². The maximum absolute atomic E-state index is 13.3. The van der Waals surface area contributed by atoms with E-state index < -0.39 is 11.7 Å². The molecule has 1 saturated heterocycles. The van der Waals surface area contributed by atoms with Crippen molar-refractivity contribution in [3.63, 3.8) is 0 Å². The molecule has 194 valence electrons. The van der Waals surface area contributed by atoms with Crippen molar-refractivity contribution in [2.75, 3.05) is 36.5 Å². The molecule has 2 aromatic rings. The third-order valence-corrected chi connectivity index (χ3v) is 7.84. The molecule has 6 nitrogen and oxygen atoms in total. The Balaban J connectivity index is 1.45. The van der Waals surface area contributed by atoms with E-state index >= 15 is 0 Å². The van der Waals surface area contributed by atoms with Crippen molar-refractivity contribution in [2.24, 2.45) is 0 Å². The second kappa shape index (κ2) is 10.3. The summed E-state index contributed by atoms with van der Waals surface area (Å²) in [5, 5.41) is 0. The first-order valence-corrected chi connectivity index (χ1v) is 13.2. The third kappa shape index (κ3) is 5.15. The van der Waals surface area contributed by atoms with Gasteiger partial charge in [0.15, 0.2) is 0 Å². The summed E-state index contributed by atoms with van der Waals surface area (Å²) in [6, 6.07) is 5.13. The van der Waals surface area contributed by atoms with Crippen molar-refractivity contribution in [1.29, 1.82) is 0 Å². The molecular formula is C27H34F3N5O. The lowest BCUT2D eigenvalue weighted by Gasteiger charge is -2.37. The highest BCUT2D eigenvalue weighted by Gasteiger charge is 2.33. The average molecular weight is 502 g/mol. The number of piperidine rings is 1. The van der Waals surface area contributed by atoms with Gasteiger partial charge < -0.3 is 14.7 Å². The number of anilines is 2. The number of carbonyl (C=O) groups is 1. The lowest BCUT2D eigenvalue weighted by molar-refractivity contribution is -0.137. The zero-order valence-electron chi connectivity index (χ0n) is 20.9. The largest absolute Gasteiger partial charge is 0.416 e. The second-order valence-corrected chi connectivity index (χ2v) is 10.3. The number of hydrogen-bond acceptors (Lipinski definition) is 5. The number of benzene rings is 1. The maximum atomic E-state index is 13.3. The van der Waals surface area contributed by atoms with E-state index in [1.165, 1.54) is 37.8 Å². The van der Waals surface area contributed by atoms with E-state index in [2.05, 4.69) is 16.8 Å². The minimum atomic E-state index is -4.49. The standard InChI is InChI=1S/C27H34F3N5O/c1-33(21-11-4-2-5-12-21)26-31-23-13-16-35(18-22(23)24(32-26)34-14-6-3-7-15-34)25(36)19-9-8-10-20(17-19)27(28,29)30/h8-10,17,21H,2-7,11-16,18H2,1H3. The molecule has 36 heavy (non-hydrogen) atoms. The van der Waals surface area contributed by atoms with Gasteiger partial charge in [0.25, 0.3) is 5.91 Å². The Labute approximate surface area is 210 Å². The average Bonchev–Trinajstić information content (AvgIpc) is 2.92.